The number of esters is 1. The zero-order valence-corrected chi connectivity index (χ0v) is 10.7. The third kappa shape index (κ3) is 5.50. The molecule has 0 N–H and O–H groups in total. The molecule has 1 aromatic carbocycles. The topological polar surface area (TPSA) is 29.5 Å². The van der Waals surface area contributed by atoms with Gasteiger partial charge in [0.15, 0.2) is 0 Å². The minimum Gasteiger partial charge on any atom is -0.461 e. The summed E-state index contributed by atoms with van der Waals surface area (Å²) in [6, 6.07) is 9.75. The van der Waals surface area contributed by atoms with E-state index in [1.165, 1.54) is 0 Å². The maximum absolute atomic E-state index is 11.5. The van der Waals surface area contributed by atoms with Crippen LogP contribution in [0.3, 0.4) is 0 Å². The van der Waals surface area contributed by atoms with E-state index in [9.17, 15) is 4.79 Å². The highest BCUT2D eigenvalue weighted by atomic mass is 16.5. The van der Waals surface area contributed by atoms with Gasteiger partial charge in [-0.3, -0.25) is 4.79 Å². The van der Waals surface area contributed by atoms with Crippen molar-refractivity contribution in [2.75, 3.05) is 19.6 Å². The molecule has 0 atom stereocenters. The van der Waals surface area contributed by atoms with Crippen molar-refractivity contribution in [2.45, 2.75) is 26.9 Å². The van der Waals surface area contributed by atoms with Crippen molar-refractivity contribution >= 4 is 5.97 Å². The van der Waals surface area contributed by atoms with Gasteiger partial charge >= 0.3 is 5.97 Å². The molecule has 0 spiro atoms. The number of nitrogens with zero attached hydrogens (tertiary/aromatic N) is 1. The van der Waals surface area contributed by atoms with Gasteiger partial charge < -0.3 is 9.64 Å². The predicted molar refractivity (Wildman–Crippen MR) is 68.6 cm³/mol. The van der Waals surface area contributed by atoms with Crippen LogP contribution in [0, 0.1) is 0 Å². The number of benzene rings is 1. The molecule has 0 amide bonds. The second-order valence-electron chi connectivity index (χ2n) is 3.92. The Bertz CT molecular complexity index is 320. The van der Waals surface area contributed by atoms with E-state index in [1.54, 1.807) is 0 Å². The first-order chi connectivity index (χ1) is 8.26. The molecule has 1 rings (SSSR count). The van der Waals surface area contributed by atoms with E-state index in [0.717, 1.165) is 25.2 Å². The van der Waals surface area contributed by atoms with Crippen molar-refractivity contribution in [3.63, 3.8) is 0 Å². The summed E-state index contributed by atoms with van der Waals surface area (Å²) in [5.41, 5.74) is 1.03. The molecular weight excluding hydrogens is 214 g/mol. The van der Waals surface area contributed by atoms with Crippen molar-refractivity contribution in [3.05, 3.63) is 35.9 Å². The lowest BCUT2D eigenvalue weighted by atomic mass is 10.2. The Balaban J connectivity index is 2.22. The lowest BCUT2D eigenvalue weighted by Gasteiger charge is -2.16. The van der Waals surface area contributed by atoms with E-state index < -0.39 is 0 Å². The maximum Gasteiger partial charge on any atom is 0.307 e. The van der Waals surface area contributed by atoms with Gasteiger partial charge in [-0.2, -0.15) is 0 Å². The predicted octanol–water partition coefficient (Wildman–Crippen LogP) is 2.46. The Morgan fingerprint density at radius 2 is 1.82 bits per heavy atom. The highest BCUT2D eigenvalue weighted by Gasteiger charge is 2.06. The van der Waals surface area contributed by atoms with Crippen molar-refractivity contribution in [2.24, 2.45) is 0 Å². The van der Waals surface area contributed by atoms with Crippen molar-refractivity contribution < 1.29 is 9.53 Å². The number of carbonyl (C=O) groups excluding carboxylic acids is 1. The highest BCUT2D eigenvalue weighted by Crippen LogP contribution is 2.02. The molecular formula is C14H21NO2. The Labute approximate surface area is 103 Å². The van der Waals surface area contributed by atoms with Crippen LogP contribution in [0.2, 0.25) is 0 Å². The first-order valence-electron chi connectivity index (χ1n) is 6.18. The first-order valence-corrected chi connectivity index (χ1v) is 6.18. The summed E-state index contributed by atoms with van der Waals surface area (Å²) in [6.07, 6.45) is 0.467. The number of carbonyl (C=O) groups is 1. The van der Waals surface area contributed by atoms with Gasteiger partial charge in [-0.1, -0.05) is 44.2 Å². The quantitative estimate of drug-likeness (QED) is 0.680. The summed E-state index contributed by atoms with van der Waals surface area (Å²) in [6.45, 7) is 7.29. The summed E-state index contributed by atoms with van der Waals surface area (Å²) in [7, 11) is 0. The SMILES string of the molecule is CCN(CC)CCC(=O)OCc1ccccc1. The van der Waals surface area contributed by atoms with Crippen LogP contribution in [-0.2, 0) is 16.1 Å². The van der Waals surface area contributed by atoms with Crippen molar-refractivity contribution in [1.82, 2.24) is 4.90 Å². The van der Waals surface area contributed by atoms with Crippen molar-refractivity contribution in [3.8, 4) is 0 Å². The third-order valence-corrected chi connectivity index (χ3v) is 2.77. The van der Waals surface area contributed by atoms with Crippen LogP contribution in [0.1, 0.15) is 25.8 Å². The zero-order valence-electron chi connectivity index (χ0n) is 10.7. The van der Waals surface area contributed by atoms with E-state index in [0.29, 0.717) is 13.0 Å². The summed E-state index contributed by atoms with van der Waals surface area (Å²) in [5.74, 6) is -0.124. The molecule has 0 radical (unpaired) electrons. The molecule has 0 aliphatic heterocycles. The lowest BCUT2D eigenvalue weighted by molar-refractivity contribution is -0.145. The Morgan fingerprint density at radius 1 is 1.18 bits per heavy atom. The van der Waals surface area contributed by atoms with Crippen LogP contribution in [-0.4, -0.2) is 30.5 Å². The van der Waals surface area contributed by atoms with Crippen LogP contribution in [0.5, 0.6) is 0 Å². The molecule has 0 unspecified atom stereocenters. The minimum atomic E-state index is -0.124. The van der Waals surface area contributed by atoms with Crippen LogP contribution in [0.15, 0.2) is 30.3 Å². The van der Waals surface area contributed by atoms with Gasteiger partial charge in [0.2, 0.25) is 0 Å². The molecule has 0 aliphatic carbocycles. The normalized spacial score (nSPS) is 10.5. The minimum absolute atomic E-state index is 0.124. The summed E-state index contributed by atoms with van der Waals surface area (Å²) in [5, 5.41) is 0. The van der Waals surface area contributed by atoms with Gasteiger partial charge in [0.1, 0.15) is 6.61 Å². The molecule has 0 bridgehead atoms. The smallest absolute Gasteiger partial charge is 0.307 e. The van der Waals surface area contributed by atoms with Crippen LogP contribution >= 0.6 is 0 Å². The number of rotatable bonds is 7. The van der Waals surface area contributed by atoms with E-state index in [-0.39, 0.29) is 5.97 Å². The van der Waals surface area contributed by atoms with Gasteiger partial charge in [-0.25, -0.2) is 0 Å². The fraction of sp³-hybridized carbons (Fsp3) is 0.500. The number of hydrogen-bond donors (Lipinski definition) is 0. The Hall–Kier alpha value is -1.35. The summed E-state index contributed by atoms with van der Waals surface area (Å²) < 4.78 is 5.20. The number of ether oxygens (including phenoxy) is 1. The van der Waals surface area contributed by atoms with E-state index in [1.807, 2.05) is 30.3 Å². The van der Waals surface area contributed by atoms with Crippen LogP contribution in [0.4, 0.5) is 0 Å². The molecule has 0 aliphatic rings. The van der Waals surface area contributed by atoms with Gasteiger partial charge in [0, 0.05) is 6.54 Å². The van der Waals surface area contributed by atoms with E-state index in [4.69, 9.17) is 4.74 Å². The molecule has 0 heterocycles. The molecule has 0 aromatic heterocycles. The Morgan fingerprint density at radius 3 is 2.41 bits per heavy atom. The van der Waals surface area contributed by atoms with Gasteiger partial charge in [0.25, 0.3) is 0 Å². The molecule has 3 heteroatoms. The third-order valence-electron chi connectivity index (χ3n) is 2.77. The van der Waals surface area contributed by atoms with E-state index >= 15 is 0 Å². The summed E-state index contributed by atoms with van der Waals surface area (Å²) >= 11 is 0. The highest BCUT2D eigenvalue weighted by molar-refractivity contribution is 5.69. The largest absolute Gasteiger partial charge is 0.461 e. The van der Waals surface area contributed by atoms with Gasteiger partial charge in [-0.05, 0) is 18.7 Å². The standard InChI is InChI=1S/C14H21NO2/c1-3-15(4-2)11-10-14(16)17-12-13-8-6-5-7-9-13/h5-9H,3-4,10-12H2,1-2H3. The molecule has 94 valence electrons. The fourth-order valence-electron chi connectivity index (χ4n) is 1.60. The van der Waals surface area contributed by atoms with Gasteiger partial charge in [-0.15, -0.1) is 0 Å². The van der Waals surface area contributed by atoms with Crippen LogP contribution in [0.25, 0.3) is 0 Å². The van der Waals surface area contributed by atoms with E-state index in [2.05, 4.69) is 18.7 Å². The first kappa shape index (κ1) is 13.7. The zero-order chi connectivity index (χ0) is 12.5. The fourth-order valence-corrected chi connectivity index (χ4v) is 1.60. The van der Waals surface area contributed by atoms with Gasteiger partial charge in [0.05, 0.1) is 6.42 Å². The molecule has 17 heavy (non-hydrogen) atoms. The van der Waals surface area contributed by atoms with Crippen LogP contribution < -0.4 is 0 Å². The molecule has 0 saturated heterocycles. The average molecular weight is 235 g/mol. The monoisotopic (exact) mass is 235 g/mol. The maximum atomic E-state index is 11.5. The second-order valence-corrected chi connectivity index (χ2v) is 3.92. The van der Waals surface area contributed by atoms with Crippen molar-refractivity contribution in [1.29, 1.82) is 0 Å². The average Bonchev–Trinajstić information content (AvgIpc) is 2.39. The lowest BCUT2D eigenvalue weighted by Crippen LogP contribution is -2.26. The molecule has 0 saturated carbocycles. The number of hydrogen-bond acceptors (Lipinski definition) is 3. The Kier molecular flexibility index (Phi) is 6.33. The molecule has 1 aromatic rings. The summed E-state index contributed by atoms with van der Waals surface area (Å²) in [4.78, 5) is 13.7. The molecule has 3 nitrogen and oxygen atoms in total. The second kappa shape index (κ2) is 7.85. The molecule has 0 fully saturated rings.